The lowest BCUT2D eigenvalue weighted by Crippen LogP contribution is -2.48. The van der Waals surface area contributed by atoms with Crippen LogP contribution >= 0.6 is 0 Å². The fourth-order valence-electron chi connectivity index (χ4n) is 1.54. The van der Waals surface area contributed by atoms with Gasteiger partial charge in [0.2, 0.25) is 5.91 Å². The average molecular weight is 214 g/mol. The van der Waals surface area contributed by atoms with E-state index >= 15 is 0 Å². The molecule has 0 spiro atoms. The Balaban J connectivity index is 2.33. The highest BCUT2D eigenvalue weighted by molar-refractivity contribution is 5.77. The van der Waals surface area contributed by atoms with Gasteiger partial charge in [-0.15, -0.1) is 0 Å². The minimum absolute atomic E-state index is 0.0129. The van der Waals surface area contributed by atoms with Gasteiger partial charge in [0.15, 0.2) is 0 Å². The van der Waals surface area contributed by atoms with E-state index in [0.29, 0.717) is 19.4 Å². The highest BCUT2D eigenvalue weighted by atomic mass is 16.6. The number of hydrogen-bond acceptors (Lipinski definition) is 3. The summed E-state index contributed by atoms with van der Waals surface area (Å²) in [5.74, 6) is 0.130. The summed E-state index contributed by atoms with van der Waals surface area (Å²) in [6.45, 7) is 4.16. The highest BCUT2D eigenvalue weighted by Gasteiger charge is 2.24. The summed E-state index contributed by atoms with van der Waals surface area (Å²) >= 11 is 0. The maximum Gasteiger partial charge on any atom is 0.407 e. The van der Waals surface area contributed by atoms with E-state index in [1.54, 1.807) is 25.8 Å². The Labute approximate surface area is 89.8 Å². The lowest BCUT2D eigenvalue weighted by Gasteiger charge is -2.30. The second-order valence-electron chi connectivity index (χ2n) is 4.11. The van der Waals surface area contributed by atoms with Gasteiger partial charge >= 0.3 is 6.09 Å². The van der Waals surface area contributed by atoms with Crippen LogP contribution in [-0.2, 0) is 9.53 Å². The maximum atomic E-state index is 11.3. The van der Waals surface area contributed by atoms with Gasteiger partial charge in [-0.1, -0.05) is 0 Å². The molecule has 1 N–H and O–H groups in total. The minimum Gasteiger partial charge on any atom is -0.447 e. The lowest BCUT2D eigenvalue weighted by atomic mass is 10.1. The summed E-state index contributed by atoms with van der Waals surface area (Å²) < 4.78 is 4.96. The smallest absolute Gasteiger partial charge is 0.407 e. The van der Waals surface area contributed by atoms with Crippen LogP contribution in [0.25, 0.3) is 0 Å². The summed E-state index contributed by atoms with van der Waals surface area (Å²) in [6, 6.07) is 0.0129. The minimum atomic E-state index is -0.405. The molecule has 5 heteroatoms. The first kappa shape index (κ1) is 11.8. The average Bonchev–Trinajstić information content (AvgIpc) is 2.10. The first-order chi connectivity index (χ1) is 6.99. The zero-order valence-electron chi connectivity index (χ0n) is 9.45. The molecule has 1 unspecified atom stereocenters. The van der Waals surface area contributed by atoms with Crippen LogP contribution in [-0.4, -0.2) is 42.6 Å². The van der Waals surface area contributed by atoms with Gasteiger partial charge in [-0.05, 0) is 20.3 Å². The van der Waals surface area contributed by atoms with E-state index in [0.717, 1.165) is 0 Å². The summed E-state index contributed by atoms with van der Waals surface area (Å²) in [5.41, 5.74) is 0. The number of nitrogens with one attached hydrogen (secondary N) is 1. The van der Waals surface area contributed by atoms with Crippen molar-refractivity contribution in [1.82, 2.24) is 10.2 Å². The number of nitrogens with zero attached hydrogens (tertiary/aromatic N) is 1. The Morgan fingerprint density at radius 1 is 1.60 bits per heavy atom. The van der Waals surface area contributed by atoms with Crippen LogP contribution < -0.4 is 5.32 Å². The number of carbonyl (C=O) groups is 2. The van der Waals surface area contributed by atoms with Crippen LogP contribution in [0.2, 0.25) is 0 Å². The van der Waals surface area contributed by atoms with E-state index in [-0.39, 0.29) is 18.1 Å². The number of ether oxygens (including phenoxy) is 1. The topological polar surface area (TPSA) is 58.6 Å². The van der Waals surface area contributed by atoms with Gasteiger partial charge in [0, 0.05) is 20.0 Å². The molecule has 0 aromatic rings. The van der Waals surface area contributed by atoms with Gasteiger partial charge in [0.25, 0.3) is 0 Å². The van der Waals surface area contributed by atoms with Crippen molar-refractivity contribution in [3.8, 4) is 0 Å². The Kier molecular flexibility index (Phi) is 3.94. The fourth-order valence-corrected chi connectivity index (χ4v) is 1.54. The van der Waals surface area contributed by atoms with Crippen molar-refractivity contribution in [3.05, 3.63) is 0 Å². The van der Waals surface area contributed by atoms with Crippen molar-refractivity contribution in [1.29, 1.82) is 0 Å². The second kappa shape index (κ2) is 5.00. The third-order valence-corrected chi connectivity index (χ3v) is 2.29. The quantitative estimate of drug-likeness (QED) is 0.737. The molecule has 0 bridgehead atoms. The Morgan fingerprint density at radius 2 is 2.27 bits per heavy atom. The Bertz CT molecular complexity index is 253. The van der Waals surface area contributed by atoms with Crippen LogP contribution in [0, 0.1) is 0 Å². The maximum absolute atomic E-state index is 11.3. The molecule has 2 amide bonds. The van der Waals surface area contributed by atoms with Gasteiger partial charge in [0.05, 0.1) is 12.1 Å². The van der Waals surface area contributed by atoms with E-state index in [1.165, 1.54) is 0 Å². The molecule has 1 rings (SSSR count). The number of rotatable bonds is 2. The molecule has 1 fully saturated rings. The second-order valence-corrected chi connectivity index (χ2v) is 4.11. The van der Waals surface area contributed by atoms with Crippen molar-refractivity contribution >= 4 is 12.0 Å². The summed E-state index contributed by atoms with van der Waals surface area (Å²) in [7, 11) is 1.74. The predicted molar refractivity (Wildman–Crippen MR) is 55.4 cm³/mol. The van der Waals surface area contributed by atoms with Gasteiger partial charge in [-0.2, -0.15) is 0 Å². The largest absolute Gasteiger partial charge is 0.447 e. The number of piperidine rings is 1. The van der Waals surface area contributed by atoms with E-state index in [1.807, 2.05) is 0 Å². The molecule has 1 aliphatic rings. The molecule has 0 aromatic carbocycles. The molecule has 1 heterocycles. The molecule has 1 saturated heterocycles. The van der Waals surface area contributed by atoms with E-state index in [4.69, 9.17) is 4.74 Å². The molecule has 0 saturated carbocycles. The normalized spacial score (nSPS) is 21.7. The van der Waals surface area contributed by atoms with E-state index in [9.17, 15) is 9.59 Å². The summed E-state index contributed by atoms with van der Waals surface area (Å²) in [5, 5.41) is 2.75. The molecular weight excluding hydrogens is 196 g/mol. The molecule has 5 nitrogen and oxygen atoms in total. The molecular formula is C10H18N2O3. The first-order valence-corrected chi connectivity index (χ1v) is 5.20. The van der Waals surface area contributed by atoms with Gasteiger partial charge in [-0.25, -0.2) is 4.79 Å². The molecule has 0 radical (unpaired) electrons. The SMILES string of the molecule is CC(C)OC(=O)NC1CCC(=O)N(C)C1. The molecule has 0 aliphatic carbocycles. The van der Waals surface area contributed by atoms with Crippen LogP contribution in [0.5, 0.6) is 0 Å². The van der Waals surface area contributed by atoms with Crippen LogP contribution in [0.3, 0.4) is 0 Å². The van der Waals surface area contributed by atoms with Crippen LogP contribution in [0.4, 0.5) is 4.79 Å². The highest BCUT2D eigenvalue weighted by Crippen LogP contribution is 2.09. The van der Waals surface area contributed by atoms with Crippen molar-refractivity contribution in [2.24, 2.45) is 0 Å². The summed E-state index contributed by atoms with van der Waals surface area (Å²) in [4.78, 5) is 24.1. The van der Waals surface area contributed by atoms with Crippen molar-refractivity contribution in [2.75, 3.05) is 13.6 Å². The summed E-state index contributed by atoms with van der Waals surface area (Å²) in [6.07, 6.45) is 0.658. The standard InChI is InChI=1S/C10H18N2O3/c1-7(2)15-10(14)11-8-4-5-9(13)12(3)6-8/h7-8H,4-6H2,1-3H3,(H,11,14). The number of likely N-dealkylation sites (N-methyl/N-ethyl adjacent to an activating group) is 1. The lowest BCUT2D eigenvalue weighted by molar-refractivity contribution is -0.132. The number of hydrogen-bond donors (Lipinski definition) is 1. The van der Waals surface area contributed by atoms with Crippen LogP contribution in [0.1, 0.15) is 26.7 Å². The van der Waals surface area contributed by atoms with Crippen LogP contribution in [0.15, 0.2) is 0 Å². The third-order valence-electron chi connectivity index (χ3n) is 2.29. The molecule has 86 valence electrons. The Hall–Kier alpha value is -1.26. The third kappa shape index (κ3) is 3.77. The number of amides is 2. The zero-order valence-corrected chi connectivity index (χ0v) is 9.45. The fraction of sp³-hybridized carbons (Fsp3) is 0.800. The van der Waals surface area contributed by atoms with Gasteiger partial charge < -0.3 is 15.0 Å². The number of carbonyl (C=O) groups excluding carboxylic acids is 2. The number of likely N-dealkylation sites (tertiary alicyclic amines) is 1. The monoisotopic (exact) mass is 214 g/mol. The zero-order chi connectivity index (χ0) is 11.4. The van der Waals surface area contributed by atoms with Crippen molar-refractivity contribution in [2.45, 2.75) is 38.8 Å². The van der Waals surface area contributed by atoms with Crippen molar-refractivity contribution < 1.29 is 14.3 Å². The molecule has 1 aliphatic heterocycles. The van der Waals surface area contributed by atoms with E-state index < -0.39 is 6.09 Å². The molecule has 15 heavy (non-hydrogen) atoms. The molecule has 1 atom stereocenters. The first-order valence-electron chi connectivity index (χ1n) is 5.20. The van der Waals surface area contributed by atoms with Gasteiger partial charge in [-0.3, -0.25) is 4.79 Å². The molecule has 0 aromatic heterocycles. The predicted octanol–water partition coefficient (Wildman–Crippen LogP) is 0.742. The van der Waals surface area contributed by atoms with Crippen molar-refractivity contribution in [3.63, 3.8) is 0 Å². The van der Waals surface area contributed by atoms with Gasteiger partial charge in [0.1, 0.15) is 0 Å². The Morgan fingerprint density at radius 3 is 2.80 bits per heavy atom. The van der Waals surface area contributed by atoms with E-state index in [2.05, 4.69) is 5.32 Å². The number of alkyl carbamates (subject to hydrolysis) is 1.